The number of ether oxygens (including phenoxy) is 3. The van der Waals surface area contributed by atoms with Crippen molar-refractivity contribution < 1.29 is 38.2 Å². The number of carboxylic acids is 1. The number of nitrogens with zero attached hydrogens (tertiary/aromatic N) is 1. The fourth-order valence-corrected chi connectivity index (χ4v) is 6.06. The van der Waals surface area contributed by atoms with Crippen molar-refractivity contribution in [3.63, 3.8) is 0 Å². The summed E-state index contributed by atoms with van der Waals surface area (Å²) in [6.07, 6.45) is 36.4. The van der Waals surface area contributed by atoms with Crippen LogP contribution in [0.5, 0.6) is 0 Å². The van der Waals surface area contributed by atoms with Crippen molar-refractivity contribution in [1.29, 1.82) is 0 Å². The molecule has 0 aliphatic rings. The topological polar surface area (TPSA) is 102 Å². The molecule has 0 spiro atoms. The Morgan fingerprint density at radius 3 is 1.59 bits per heavy atom. The van der Waals surface area contributed by atoms with E-state index in [1.54, 1.807) is 21.1 Å². The number of unbranched alkanes of at least 4 members (excludes halogenated alkanes) is 19. The number of allylic oxidation sites excluding steroid dienone is 4. The van der Waals surface area contributed by atoms with Gasteiger partial charge in [-0.25, -0.2) is 0 Å². The Morgan fingerprint density at radius 1 is 0.588 bits per heavy atom. The Labute approximate surface area is 313 Å². The van der Waals surface area contributed by atoms with Crippen molar-refractivity contribution in [2.75, 3.05) is 41.0 Å². The SMILES string of the molecule is CCCCCCCC/C=C/C/C=C/CCC(=O)OC(COCCC(C(=O)[O-])[N+](C)(C)C)COC(=O)CCCCCCCCCCCCCCCC. The predicted octanol–water partition coefficient (Wildman–Crippen LogP) is 9.58. The lowest BCUT2D eigenvalue weighted by molar-refractivity contribution is -0.889. The molecule has 51 heavy (non-hydrogen) atoms. The highest BCUT2D eigenvalue weighted by molar-refractivity contribution is 5.70. The van der Waals surface area contributed by atoms with E-state index in [1.807, 2.05) is 6.08 Å². The molecular formula is C43H79NO7. The third-order valence-electron chi connectivity index (χ3n) is 9.35. The first kappa shape index (κ1) is 48.8. The van der Waals surface area contributed by atoms with Crippen molar-refractivity contribution in [3.8, 4) is 0 Å². The van der Waals surface area contributed by atoms with Crippen LogP contribution in [-0.2, 0) is 28.6 Å². The van der Waals surface area contributed by atoms with Gasteiger partial charge in [-0.2, -0.15) is 0 Å². The second-order valence-electron chi connectivity index (χ2n) is 15.2. The number of likely N-dealkylation sites (N-methyl/N-ethyl adjacent to an activating group) is 1. The maximum atomic E-state index is 12.6. The quantitative estimate of drug-likeness (QED) is 0.0273. The lowest BCUT2D eigenvalue weighted by Crippen LogP contribution is -2.55. The van der Waals surface area contributed by atoms with Crippen LogP contribution in [0.15, 0.2) is 24.3 Å². The molecule has 0 aliphatic carbocycles. The number of esters is 2. The molecule has 8 nitrogen and oxygen atoms in total. The minimum absolute atomic E-state index is 0.0219. The standard InChI is InChI=1S/C43H79NO7/c1-6-8-10-12-14-16-18-20-22-23-25-27-29-31-33-41(45)50-38-39(37-49-36-35-40(43(47)48)44(3,4)5)51-42(46)34-32-30-28-26-24-21-19-17-15-13-11-9-7-2/h21,24,28,30,39-40H,6-20,22-23,25-27,29,31-38H2,1-5H3/b24-21+,30-28+. The molecule has 0 aromatic rings. The number of carboxylic acid groups (broad SMARTS) is 1. The summed E-state index contributed by atoms with van der Waals surface area (Å²) in [5, 5.41) is 11.6. The molecule has 0 amide bonds. The zero-order chi connectivity index (χ0) is 37.8. The molecule has 298 valence electrons. The van der Waals surface area contributed by atoms with Gasteiger partial charge in [0.05, 0.1) is 40.3 Å². The number of rotatable bonds is 37. The summed E-state index contributed by atoms with van der Waals surface area (Å²) in [6, 6.07) is -0.730. The molecule has 0 rings (SSSR count). The normalized spacial score (nSPS) is 13.2. The van der Waals surface area contributed by atoms with Crippen LogP contribution in [0.4, 0.5) is 0 Å². The number of aliphatic carboxylic acids is 1. The fraction of sp³-hybridized carbons (Fsp3) is 0.837. The zero-order valence-corrected chi connectivity index (χ0v) is 33.8. The molecule has 0 aliphatic heterocycles. The molecule has 0 heterocycles. The van der Waals surface area contributed by atoms with Crippen molar-refractivity contribution >= 4 is 17.9 Å². The number of hydrogen-bond acceptors (Lipinski definition) is 7. The van der Waals surface area contributed by atoms with E-state index in [2.05, 4.69) is 32.1 Å². The summed E-state index contributed by atoms with van der Waals surface area (Å²) in [4.78, 5) is 36.7. The Bertz CT molecular complexity index is 895. The maximum absolute atomic E-state index is 12.6. The fourth-order valence-electron chi connectivity index (χ4n) is 6.06. The zero-order valence-electron chi connectivity index (χ0n) is 33.8. The second-order valence-corrected chi connectivity index (χ2v) is 15.2. The van der Waals surface area contributed by atoms with E-state index in [0.29, 0.717) is 12.8 Å². The molecule has 8 heteroatoms. The first-order chi connectivity index (χ1) is 24.6. The van der Waals surface area contributed by atoms with Gasteiger partial charge in [-0.1, -0.05) is 154 Å². The van der Waals surface area contributed by atoms with Gasteiger partial charge in [0.2, 0.25) is 0 Å². The van der Waals surface area contributed by atoms with Gasteiger partial charge in [-0.3, -0.25) is 9.59 Å². The van der Waals surface area contributed by atoms with Gasteiger partial charge in [0, 0.05) is 19.3 Å². The third-order valence-corrected chi connectivity index (χ3v) is 9.35. The molecule has 0 radical (unpaired) electrons. The summed E-state index contributed by atoms with van der Waals surface area (Å²) in [5.74, 6) is -1.81. The lowest BCUT2D eigenvalue weighted by atomic mass is 10.0. The van der Waals surface area contributed by atoms with Crippen LogP contribution in [0.2, 0.25) is 0 Å². The highest BCUT2D eigenvalue weighted by Crippen LogP contribution is 2.14. The molecule has 0 fully saturated rings. The number of carbonyl (C=O) groups is 3. The van der Waals surface area contributed by atoms with E-state index in [1.165, 1.54) is 109 Å². The average Bonchev–Trinajstić information content (AvgIpc) is 3.08. The van der Waals surface area contributed by atoms with E-state index in [9.17, 15) is 19.5 Å². The summed E-state index contributed by atoms with van der Waals surface area (Å²) in [5.41, 5.74) is 0. The van der Waals surface area contributed by atoms with Crippen LogP contribution >= 0.6 is 0 Å². The number of quaternary nitrogens is 1. The van der Waals surface area contributed by atoms with Crippen LogP contribution in [-0.4, -0.2) is 75.5 Å². The Balaban J connectivity index is 4.43. The van der Waals surface area contributed by atoms with Crippen molar-refractivity contribution in [2.45, 2.75) is 193 Å². The first-order valence-corrected chi connectivity index (χ1v) is 20.9. The largest absolute Gasteiger partial charge is 0.544 e. The molecule has 0 aromatic heterocycles. The smallest absolute Gasteiger partial charge is 0.306 e. The van der Waals surface area contributed by atoms with E-state index in [4.69, 9.17) is 14.2 Å². The van der Waals surface area contributed by atoms with Crippen molar-refractivity contribution in [2.24, 2.45) is 0 Å². The molecule has 0 saturated carbocycles. The third kappa shape index (κ3) is 33.4. The average molecular weight is 722 g/mol. The lowest BCUT2D eigenvalue weighted by Gasteiger charge is -2.34. The molecule has 0 N–H and O–H groups in total. The minimum atomic E-state index is -1.13. The molecule has 0 bridgehead atoms. The second kappa shape index (κ2) is 34.9. The predicted molar refractivity (Wildman–Crippen MR) is 208 cm³/mol. The van der Waals surface area contributed by atoms with Gasteiger partial charge < -0.3 is 28.6 Å². The van der Waals surface area contributed by atoms with Crippen LogP contribution in [0.25, 0.3) is 0 Å². The summed E-state index contributed by atoms with van der Waals surface area (Å²) in [7, 11) is 5.39. The molecule has 2 atom stereocenters. The Hall–Kier alpha value is -2.19. The van der Waals surface area contributed by atoms with Gasteiger partial charge in [0.1, 0.15) is 12.6 Å². The molecular weight excluding hydrogens is 642 g/mol. The first-order valence-electron chi connectivity index (χ1n) is 20.9. The molecule has 2 unspecified atom stereocenters. The minimum Gasteiger partial charge on any atom is -0.544 e. The summed E-state index contributed by atoms with van der Waals surface area (Å²) >= 11 is 0. The Kier molecular flexibility index (Phi) is 33.4. The molecule has 0 saturated heterocycles. The van der Waals surface area contributed by atoms with Crippen LogP contribution < -0.4 is 5.11 Å². The summed E-state index contributed by atoms with van der Waals surface area (Å²) < 4.78 is 17.1. The number of hydrogen-bond donors (Lipinski definition) is 0. The highest BCUT2D eigenvalue weighted by Gasteiger charge is 2.25. The van der Waals surface area contributed by atoms with E-state index < -0.39 is 18.1 Å². The highest BCUT2D eigenvalue weighted by atomic mass is 16.6. The van der Waals surface area contributed by atoms with E-state index in [-0.39, 0.29) is 49.1 Å². The number of carbonyl (C=O) groups excluding carboxylic acids is 3. The van der Waals surface area contributed by atoms with E-state index >= 15 is 0 Å². The van der Waals surface area contributed by atoms with E-state index in [0.717, 1.165) is 32.1 Å². The van der Waals surface area contributed by atoms with Crippen molar-refractivity contribution in [1.82, 2.24) is 0 Å². The summed E-state index contributed by atoms with van der Waals surface area (Å²) in [6.45, 7) is 4.59. The molecule has 0 aromatic carbocycles. The van der Waals surface area contributed by atoms with Gasteiger partial charge in [-0.15, -0.1) is 0 Å². The van der Waals surface area contributed by atoms with Gasteiger partial charge in [-0.05, 0) is 32.1 Å². The van der Waals surface area contributed by atoms with Gasteiger partial charge in [0.25, 0.3) is 0 Å². The van der Waals surface area contributed by atoms with Gasteiger partial charge >= 0.3 is 11.9 Å². The maximum Gasteiger partial charge on any atom is 0.306 e. The van der Waals surface area contributed by atoms with Gasteiger partial charge in [0.15, 0.2) is 6.10 Å². The van der Waals surface area contributed by atoms with Crippen LogP contribution in [0, 0.1) is 0 Å². The van der Waals surface area contributed by atoms with Crippen LogP contribution in [0.1, 0.15) is 181 Å². The monoisotopic (exact) mass is 722 g/mol. The van der Waals surface area contributed by atoms with Crippen molar-refractivity contribution in [3.05, 3.63) is 24.3 Å². The van der Waals surface area contributed by atoms with Crippen LogP contribution in [0.3, 0.4) is 0 Å². The Morgan fingerprint density at radius 2 is 1.08 bits per heavy atom.